The second kappa shape index (κ2) is 10.4. The minimum Gasteiger partial charge on any atom is -0.481 e. The van der Waals surface area contributed by atoms with Crippen molar-refractivity contribution in [1.29, 1.82) is 0 Å². The predicted octanol–water partition coefficient (Wildman–Crippen LogP) is 3.73. The number of fused-ring (bicyclic) bond motifs is 3. The Bertz CT molecular complexity index is 1190. The van der Waals surface area contributed by atoms with Crippen molar-refractivity contribution in [2.45, 2.75) is 24.9 Å². The molecule has 0 radical (unpaired) electrons. The third-order valence-corrected chi connectivity index (χ3v) is 5.77. The Morgan fingerprint density at radius 3 is 2.29 bits per heavy atom. The summed E-state index contributed by atoms with van der Waals surface area (Å²) in [6, 6.07) is 16.1. The molecule has 9 heteroatoms. The lowest BCUT2D eigenvalue weighted by atomic mass is 9.98. The van der Waals surface area contributed by atoms with E-state index in [0.29, 0.717) is 10.6 Å². The maximum absolute atomic E-state index is 12.6. The molecule has 1 aliphatic carbocycles. The van der Waals surface area contributed by atoms with E-state index in [1.54, 1.807) is 6.07 Å². The molecule has 174 valence electrons. The van der Waals surface area contributed by atoms with E-state index in [9.17, 15) is 19.5 Å². The van der Waals surface area contributed by atoms with Crippen molar-refractivity contribution >= 4 is 29.6 Å². The van der Waals surface area contributed by atoms with Gasteiger partial charge in [-0.3, -0.25) is 14.6 Å². The van der Waals surface area contributed by atoms with Gasteiger partial charge in [0.1, 0.15) is 12.6 Å². The van der Waals surface area contributed by atoms with Crippen LogP contribution in [0, 0.1) is 0 Å². The first kappa shape index (κ1) is 23.3. The van der Waals surface area contributed by atoms with E-state index < -0.39 is 30.4 Å². The van der Waals surface area contributed by atoms with Crippen molar-refractivity contribution in [2.24, 2.45) is 0 Å². The molecule has 0 bridgehead atoms. The number of hydrogen-bond donors (Lipinski definition) is 3. The number of rotatable bonds is 8. The molecule has 0 saturated heterocycles. The van der Waals surface area contributed by atoms with Gasteiger partial charge in [-0.25, -0.2) is 4.79 Å². The molecule has 2 aromatic carbocycles. The maximum Gasteiger partial charge on any atom is 0.407 e. The zero-order chi connectivity index (χ0) is 24.1. The van der Waals surface area contributed by atoms with Crippen molar-refractivity contribution < 1.29 is 24.2 Å². The smallest absolute Gasteiger partial charge is 0.407 e. The zero-order valence-electron chi connectivity index (χ0n) is 18.0. The Balaban J connectivity index is 1.38. The van der Waals surface area contributed by atoms with E-state index in [1.807, 2.05) is 48.5 Å². The fourth-order valence-electron chi connectivity index (χ4n) is 4.03. The molecule has 8 nitrogen and oxygen atoms in total. The number of halogens is 1. The van der Waals surface area contributed by atoms with Crippen molar-refractivity contribution in [1.82, 2.24) is 15.6 Å². The van der Waals surface area contributed by atoms with Crippen LogP contribution in [0.4, 0.5) is 4.79 Å². The van der Waals surface area contributed by atoms with Crippen LogP contribution in [0.3, 0.4) is 0 Å². The topological polar surface area (TPSA) is 118 Å². The van der Waals surface area contributed by atoms with Crippen LogP contribution in [-0.2, 0) is 20.9 Å². The molecule has 0 aliphatic heterocycles. The van der Waals surface area contributed by atoms with E-state index in [2.05, 4.69) is 15.6 Å². The molecule has 4 rings (SSSR count). The van der Waals surface area contributed by atoms with Crippen molar-refractivity contribution in [3.8, 4) is 11.1 Å². The Labute approximate surface area is 200 Å². The molecule has 3 aromatic rings. The summed E-state index contributed by atoms with van der Waals surface area (Å²) in [5.41, 5.74) is 4.91. The van der Waals surface area contributed by atoms with Crippen LogP contribution in [-0.4, -0.2) is 40.7 Å². The predicted molar refractivity (Wildman–Crippen MR) is 125 cm³/mol. The number of alkyl carbamates (subject to hydrolysis) is 1. The van der Waals surface area contributed by atoms with Gasteiger partial charge in [0, 0.05) is 24.9 Å². The van der Waals surface area contributed by atoms with Gasteiger partial charge in [0.05, 0.1) is 11.4 Å². The van der Waals surface area contributed by atoms with Crippen LogP contribution >= 0.6 is 11.6 Å². The quantitative estimate of drug-likeness (QED) is 0.453. The highest BCUT2D eigenvalue weighted by molar-refractivity contribution is 6.30. The molecule has 1 atom stereocenters. The lowest BCUT2D eigenvalue weighted by Gasteiger charge is -2.18. The Morgan fingerprint density at radius 2 is 1.68 bits per heavy atom. The molecule has 1 heterocycles. The molecule has 1 unspecified atom stereocenters. The average Bonchev–Trinajstić information content (AvgIpc) is 3.14. The number of amides is 2. The summed E-state index contributed by atoms with van der Waals surface area (Å²) in [5.74, 6) is -2.04. The Kier molecular flexibility index (Phi) is 7.08. The molecular formula is C25H22ClN3O5. The Morgan fingerprint density at radius 1 is 1.03 bits per heavy atom. The summed E-state index contributed by atoms with van der Waals surface area (Å²) in [4.78, 5) is 40.3. The summed E-state index contributed by atoms with van der Waals surface area (Å²) in [6.45, 7) is 0.129. The Hall–Kier alpha value is -3.91. The SMILES string of the molecule is O=C(O)CC(NC(=O)OCC1c2ccccc2-c2ccccc21)C(=O)NCc1cncc(Cl)c1. The number of hydrogen-bond acceptors (Lipinski definition) is 5. The molecule has 34 heavy (non-hydrogen) atoms. The van der Waals surface area contributed by atoms with Crippen LogP contribution in [0.25, 0.3) is 11.1 Å². The van der Waals surface area contributed by atoms with Crippen molar-refractivity contribution in [3.63, 3.8) is 0 Å². The normalized spacial score (nSPS) is 12.9. The number of carbonyl (C=O) groups is 3. The number of carboxylic acids is 1. The third kappa shape index (κ3) is 5.35. The summed E-state index contributed by atoms with van der Waals surface area (Å²) >= 11 is 5.89. The third-order valence-electron chi connectivity index (χ3n) is 5.56. The summed E-state index contributed by atoms with van der Waals surface area (Å²) in [7, 11) is 0. The molecule has 0 spiro atoms. The second-order valence-corrected chi connectivity index (χ2v) is 8.29. The number of aromatic nitrogens is 1. The first-order valence-electron chi connectivity index (χ1n) is 10.6. The molecular weight excluding hydrogens is 458 g/mol. The fourth-order valence-corrected chi connectivity index (χ4v) is 4.23. The van der Waals surface area contributed by atoms with Gasteiger partial charge in [0.2, 0.25) is 5.91 Å². The molecule has 0 saturated carbocycles. The first-order chi connectivity index (χ1) is 16.4. The van der Waals surface area contributed by atoms with Crippen molar-refractivity contribution in [2.75, 3.05) is 6.61 Å². The molecule has 3 N–H and O–H groups in total. The van der Waals surface area contributed by atoms with Gasteiger partial charge in [-0.2, -0.15) is 0 Å². The minimum absolute atomic E-state index is 0.0510. The van der Waals surface area contributed by atoms with E-state index in [0.717, 1.165) is 22.3 Å². The lowest BCUT2D eigenvalue weighted by Crippen LogP contribution is -2.48. The van der Waals surface area contributed by atoms with Crippen LogP contribution in [0.5, 0.6) is 0 Å². The van der Waals surface area contributed by atoms with Gasteiger partial charge in [-0.05, 0) is 33.9 Å². The maximum atomic E-state index is 12.6. The van der Waals surface area contributed by atoms with E-state index >= 15 is 0 Å². The minimum atomic E-state index is -1.31. The highest BCUT2D eigenvalue weighted by Crippen LogP contribution is 2.44. The standard InChI is InChI=1S/C25H22ClN3O5/c26-16-9-15(11-27-13-16)12-28-24(32)22(10-23(30)31)29-25(33)34-14-21-19-7-3-1-5-17(19)18-6-2-4-8-20(18)21/h1-9,11,13,21-22H,10,12,14H2,(H,28,32)(H,29,33)(H,30,31). The summed E-state index contributed by atoms with van der Waals surface area (Å²) in [6.07, 6.45) is 1.52. The van der Waals surface area contributed by atoms with E-state index in [4.69, 9.17) is 16.3 Å². The number of carboxylic acid groups (broad SMARTS) is 1. The van der Waals surface area contributed by atoms with Crippen LogP contribution in [0.2, 0.25) is 5.02 Å². The molecule has 0 fully saturated rings. The zero-order valence-corrected chi connectivity index (χ0v) is 18.8. The highest BCUT2D eigenvalue weighted by atomic mass is 35.5. The summed E-state index contributed by atoms with van der Waals surface area (Å²) in [5, 5.41) is 14.6. The number of benzene rings is 2. The number of aliphatic carboxylic acids is 1. The van der Waals surface area contributed by atoms with Gasteiger partial charge in [0.15, 0.2) is 0 Å². The number of carbonyl (C=O) groups excluding carboxylic acids is 2. The number of ether oxygens (including phenoxy) is 1. The van der Waals surface area contributed by atoms with E-state index in [1.165, 1.54) is 12.4 Å². The van der Waals surface area contributed by atoms with Gasteiger partial charge in [-0.1, -0.05) is 60.1 Å². The lowest BCUT2D eigenvalue weighted by molar-refractivity contribution is -0.139. The van der Waals surface area contributed by atoms with Gasteiger partial charge < -0.3 is 20.5 Å². The van der Waals surface area contributed by atoms with Crippen LogP contribution in [0.1, 0.15) is 29.0 Å². The largest absolute Gasteiger partial charge is 0.481 e. The highest BCUT2D eigenvalue weighted by Gasteiger charge is 2.30. The average molecular weight is 480 g/mol. The van der Waals surface area contributed by atoms with Gasteiger partial charge >= 0.3 is 12.1 Å². The molecule has 2 amide bonds. The van der Waals surface area contributed by atoms with Crippen molar-refractivity contribution in [3.05, 3.63) is 88.7 Å². The van der Waals surface area contributed by atoms with Crippen LogP contribution in [0.15, 0.2) is 67.0 Å². The van der Waals surface area contributed by atoms with Gasteiger partial charge in [-0.15, -0.1) is 0 Å². The fraction of sp³-hybridized carbons (Fsp3) is 0.200. The number of nitrogens with one attached hydrogen (secondary N) is 2. The summed E-state index contributed by atoms with van der Waals surface area (Å²) < 4.78 is 5.43. The van der Waals surface area contributed by atoms with E-state index in [-0.39, 0.29) is 19.1 Å². The number of pyridine rings is 1. The first-order valence-corrected chi connectivity index (χ1v) is 11.0. The number of nitrogens with zero attached hydrogens (tertiary/aromatic N) is 1. The molecule has 1 aliphatic rings. The monoisotopic (exact) mass is 479 g/mol. The van der Waals surface area contributed by atoms with Crippen LogP contribution < -0.4 is 10.6 Å². The van der Waals surface area contributed by atoms with Gasteiger partial charge in [0.25, 0.3) is 0 Å². The molecule has 1 aromatic heterocycles. The second-order valence-electron chi connectivity index (χ2n) is 7.85.